The molecule has 1 unspecified atom stereocenters. The van der Waals surface area contributed by atoms with E-state index in [0.717, 1.165) is 12.5 Å². The Balaban J connectivity index is 2.10. The van der Waals surface area contributed by atoms with E-state index in [2.05, 4.69) is 30.2 Å². The van der Waals surface area contributed by atoms with Crippen LogP contribution in [-0.4, -0.2) is 11.5 Å². The lowest BCUT2D eigenvalue weighted by Gasteiger charge is -2.34. The first kappa shape index (κ1) is 11.6. The maximum Gasteiger partial charge on any atom is 0.0364 e. The summed E-state index contributed by atoms with van der Waals surface area (Å²) >= 11 is 0. The summed E-state index contributed by atoms with van der Waals surface area (Å²) in [6.45, 7) is 5.45. The van der Waals surface area contributed by atoms with E-state index in [0.29, 0.717) is 6.04 Å². The van der Waals surface area contributed by atoms with Crippen LogP contribution < -0.4 is 5.32 Å². The molecular formula is C14H22N2. The molecule has 1 aliphatic rings. The zero-order chi connectivity index (χ0) is 11.4. The highest BCUT2D eigenvalue weighted by atomic mass is 14.9. The number of nitrogens with one attached hydrogen (secondary N) is 1. The minimum Gasteiger partial charge on any atom is -0.310 e. The molecule has 1 aliphatic carbocycles. The molecule has 16 heavy (non-hydrogen) atoms. The van der Waals surface area contributed by atoms with E-state index in [1.165, 1.54) is 36.8 Å². The average Bonchev–Trinajstić information content (AvgIpc) is 2.21. The summed E-state index contributed by atoms with van der Waals surface area (Å²) in [6.07, 6.45) is 9.29. The van der Waals surface area contributed by atoms with Crippen molar-refractivity contribution in [2.45, 2.75) is 45.6 Å². The minimum absolute atomic E-state index is 0.529. The maximum absolute atomic E-state index is 4.31. The topological polar surface area (TPSA) is 24.9 Å². The van der Waals surface area contributed by atoms with Gasteiger partial charge in [0.15, 0.2) is 0 Å². The van der Waals surface area contributed by atoms with Crippen molar-refractivity contribution in [2.75, 3.05) is 6.54 Å². The molecule has 1 atom stereocenters. The summed E-state index contributed by atoms with van der Waals surface area (Å²) in [5.74, 6) is 0.829. The highest BCUT2D eigenvalue weighted by Gasteiger charge is 2.28. The SMILES string of the molecule is CCCNC(c1cncc(C)c1)C1CCC1. The van der Waals surface area contributed by atoms with Gasteiger partial charge in [-0.25, -0.2) is 0 Å². The van der Waals surface area contributed by atoms with E-state index in [-0.39, 0.29) is 0 Å². The Morgan fingerprint density at radius 2 is 2.25 bits per heavy atom. The van der Waals surface area contributed by atoms with Crippen molar-refractivity contribution in [1.82, 2.24) is 10.3 Å². The molecule has 0 aliphatic heterocycles. The summed E-state index contributed by atoms with van der Waals surface area (Å²) in [5, 5.41) is 3.67. The van der Waals surface area contributed by atoms with Crippen molar-refractivity contribution in [2.24, 2.45) is 5.92 Å². The summed E-state index contributed by atoms with van der Waals surface area (Å²) in [6, 6.07) is 2.81. The summed E-state index contributed by atoms with van der Waals surface area (Å²) in [4.78, 5) is 4.31. The molecule has 0 radical (unpaired) electrons. The minimum atomic E-state index is 0.529. The van der Waals surface area contributed by atoms with E-state index in [9.17, 15) is 0 Å². The molecule has 0 amide bonds. The predicted molar refractivity (Wildman–Crippen MR) is 67.3 cm³/mol. The van der Waals surface area contributed by atoms with Crippen LogP contribution in [0.1, 0.15) is 49.8 Å². The van der Waals surface area contributed by atoms with E-state index in [4.69, 9.17) is 0 Å². The smallest absolute Gasteiger partial charge is 0.0364 e. The molecular weight excluding hydrogens is 196 g/mol. The Hall–Kier alpha value is -0.890. The van der Waals surface area contributed by atoms with E-state index in [1.54, 1.807) is 0 Å². The lowest BCUT2D eigenvalue weighted by Crippen LogP contribution is -2.32. The first-order valence-corrected chi connectivity index (χ1v) is 6.46. The summed E-state index contributed by atoms with van der Waals surface area (Å²) in [7, 11) is 0. The van der Waals surface area contributed by atoms with Crippen LogP contribution in [0.4, 0.5) is 0 Å². The third-order valence-electron chi connectivity index (χ3n) is 3.49. The first-order chi connectivity index (χ1) is 7.81. The molecule has 0 spiro atoms. The highest BCUT2D eigenvalue weighted by Crippen LogP contribution is 2.37. The summed E-state index contributed by atoms with van der Waals surface area (Å²) in [5.41, 5.74) is 2.64. The molecule has 2 heteroatoms. The fourth-order valence-electron chi connectivity index (χ4n) is 2.38. The fraction of sp³-hybridized carbons (Fsp3) is 0.643. The van der Waals surface area contributed by atoms with Gasteiger partial charge in [-0.05, 0) is 49.8 Å². The van der Waals surface area contributed by atoms with Gasteiger partial charge in [0, 0.05) is 18.4 Å². The van der Waals surface area contributed by atoms with Crippen molar-refractivity contribution in [3.63, 3.8) is 0 Å². The van der Waals surface area contributed by atoms with Crippen molar-refractivity contribution in [1.29, 1.82) is 0 Å². The van der Waals surface area contributed by atoms with Gasteiger partial charge in [0.05, 0.1) is 0 Å². The highest BCUT2D eigenvalue weighted by molar-refractivity contribution is 5.21. The van der Waals surface area contributed by atoms with Gasteiger partial charge in [-0.2, -0.15) is 0 Å². The zero-order valence-corrected chi connectivity index (χ0v) is 10.4. The lowest BCUT2D eigenvalue weighted by atomic mass is 9.77. The number of pyridine rings is 1. The number of nitrogens with zero attached hydrogens (tertiary/aromatic N) is 1. The molecule has 1 saturated carbocycles. The van der Waals surface area contributed by atoms with Crippen molar-refractivity contribution in [3.05, 3.63) is 29.6 Å². The lowest BCUT2D eigenvalue weighted by molar-refractivity contribution is 0.231. The molecule has 1 fully saturated rings. The van der Waals surface area contributed by atoms with Gasteiger partial charge in [-0.1, -0.05) is 19.4 Å². The molecule has 1 N–H and O–H groups in total. The van der Waals surface area contributed by atoms with Crippen molar-refractivity contribution < 1.29 is 0 Å². The van der Waals surface area contributed by atoms with Crippen LogP contribution in [0.3, 0.4) is 0 Å². The van der Waals surface area contributed by atoms with E-state index in [1.807, 2.05) is 12.4 Å². The molecule has 1 heterocycles. The number of hydrogen-bond acceptors (Lipinski definition) is 2. The van der Waals surface area contributed by atoms with Crippen molar-refractivity contribution in [3.8, 4) is 0 Å². The van der Waals surface area contributed by atoms with Gasteiger partial charge >= 0.3 is 0 Å². The Bertz CT molecular complexity index is 331. The van der Waals surface area contributed by atoms with Gasteiger partial charge in [0.1, 0.15) is 0 Å². The van der Waals surface area contributed by atoms with Gasteiger partial charge in [-0.3, -0.25) is 4.98 Å². The fourth-order valence-corrected chi connectivity index (χ4v) is 2.38. The number of aromatic nitrogens is 1. The molecule has 0 saturated heterocycles. The molecule has 2 rings (SSSR count). The third kappa shape index (κ3) is 2.62. The molecule has 1 aromatic rings. The van der Waals surface area contributed by atoms with Crippen molar-refractivity contribution >= 4 is 0 Å². The van der Waals surface area contributed by atoms with Gasteiger partial charge in [-0.15, -0.1) is 0 Å². The van der Waals surface area contributed by atoms with Crippen LogP contribution in [0.15, 0.2) is 18.5 Å². The molecule has 2 nitrogen and oxygen atoms in total. The average molecular weight is 218 g/mol. The first-order valence-electron chi connectivity index (χ1n) is 6.46. The van der Waals surface area contributed by atoms with Crippen LogP contribution in [0.2, 0.25) is 0 Å². The second-order valence-electron chi connectivity index (χ2n) is 4.92. The maximum atomic E-state index is 4.31. The standard InChI is InChI=1S/C14H22N2/c1-3-7-16-14(12-5-4-6-12)13-8-11(2)9-15-10-13/h8-10,12,14,16H,3-7H2,1-2H3. The van der Waals surface area contributed by atoms with Crippen LogP contribution in [-0.2, 0) is 0 Å². The van der Waals surface area contributed by atoms with Gasteiger partial charge in [0.25, 0.3) is 0 Å². The number of aryl methyl sites for hydroxylation is 1. The molecule has 0 aromatic carbocycles. The molecule has 1 aromatic heterocycles. The normalized spacial score (nSPS) is 18.1. The molecule has 0 bridgehead atoms. The second-order valence-corrected chi connectivity index (χ2v) is 4.92. The van der Waals surface area contributed by atoms with Crippen LogP contribution in [0, 0.1) is 12.8 Å². The van der Waals surface area contributed by atoms with Gasteiger partial charge < -0.3 is 5.32 Å². The quantitative estimate of drug-likeness (QED) is 0.820. The van der Waals surface area contributed by atoms with Crippen LogP contribution in [0.5, 0.6) is 0 Å². The monoisotopic (exact) mass is 218 g/mol. The van der Waals surface area contributed by atoms with E-state index >= 15 is 0 Å². The molecule has 88 valence electrons. The zero-order valence-electron chi connectivity index (χ0n) is 10.4. The third-order valence-corrected chi connectivity index (χ3v) is 3.49. The second kappa shape index (κ2) is 5.44. The largest absolute Gasteiger partial charge is 0.310 e. The Labute approximate surface area is 98.5 Å². The predicted octanol–water partition coefficient (Wildman–Crippen LogP) is 3.23. The number of hydrogen-bond donors (Lipinski definition) is 1. The Kier molecular flexibility index (Phi) is 3.94. The van der Waals surface area contributed by atoms with Crippen LogP contribution >= 0.6 is 0 Å². The Morgan fingerprint density at radius 1 is 1.44 bits per heavy atom. The number of rotatable bonds is 5. The Morgan fingerprint density at radius 3 is 2.81 bits per heavy atom. The van der Waals surface area contributed by atoms with E-state index < -0.39 is 0 Å². The summed E-state index contributed by atoms with van der Waals surface area (Å²) < 4.78 is 0. The van der Waals surface area contributed by atoms with Crippen LogP contribution in [0.25, 0.3) is 0 Å². The van der Waals surface area contributed by atoms with Gasteiger partial charge in [0.2, 0.25) is 0 Å².